The lowest BCUT2D eigenvalue weighted by molar-refractivity contribution is 0.0729. The number of aryl methyl sites for hydroxylation is 1. The molecular weight excluding hydrogens is 368 g/mol. The first-order valence-electron chi connectivity index (χ1n) is 9.35. The van der Waals surface area contributed by atoms with Crippen molar-refractivity contribution in [3.63, 3.8) is 0 Å². The molecule has 5 rings (SSSR count). The normalized spacial score (nSPS) is 13.3. The minimum atomic E-state index is -0.0683. The summed E-state index contributed by atoms with van der Waals surface area (Å²) in [5.74, 6) is 0.935. The average molecular weight is 386 g/mol. The summed E-state index contributed by atoms with van der Waals surface area (Å²) in [7, 11) is 0. The largest absolute Gasteiger partial charge is 0.341 e. The van der Waals surface area contributed by atoms with E-state index in [-0.39, 0.29) is 5.91 Å². The minimum absolute atomic E-state index is 0.0683. The van der Waals surface area contributed by atoms with Crippen molar-refractivity contribution in [2.75, 3.05) is 6.54 Å². The minimum Gasteiger partial charge on any atom is -0.341 e. The van der Waals surface area contributed by atoms with Gasteiger partial charge < -0.3 is 14.4 Å². The zero-order valence-corrected chi connectivity index (χ0v) is 15.8. The number of aromatic nitrogens is 5. The maximum absolute atomic E-state index is 12.6. The monoisotopic (exact) mass is 386 g/mol. The molecule has 1 amide bonds. The third-order valence-corrected chi connectivity index (χ3v) is 5.14. The Morgan fingerprint density at radius 2 is 2.07 bits per heavy atom. The molecule has 0 radical (unpaired) electrons. The molecule has 0 unspecified atom stereocenters. The van der Waals surface area contributed by atoms with Crippen LogP contribution < -0.4 is 0 Å². The quantitative estimate of drug-likeness (QED) is 0.581. The van der Waals surface area contributed by atoms with Gasteiger partial charge in [-0.2, -0.15) is 4.98 Å². The van der Waals surface area contributed by atoms with Crippen LogP contribution >= 0.6 is 0 Å². The Labute approximate surface area is 166 Å². The summed E-state index contributed by atoms with van der Waals surface area (Å²) in [5, 5.41) is 4.21. The Bertz CT molecular complexity index is 1170. The third-order valence-electron chi connectivity index (χ3n) is 5.14. The first-order chi connectivity index (χ1) is 14.2. The van der Waals surface area contributed by atoms with Gasteiger partial charge in [0.05, 0.1) is 12.5 Å². The van der Waals surface area contributed by atoms with Crippen LogP contribution in [0.2, 0.25) is 0 Å². The Kier molecular flexibility index (Phi) is 4.16. The van der Waals surface area contributed by atoms with E-state index in [9.17, 15) is 4.79 Å². The molecule has 1 aliphatic heterocycles. The number of hydrogen-bond acceptors (Lipinski definition) is 6. The molecule has 144 valence electrons. The van der Waals surface area contributed by atoms with Crippen LogP contribution in [0.25, 0.3) is 22.8 Å². The lowest BCUT2D eigenvalue weighted by atomic mass is 9.94. The molecule has 0 aliphatic carbocycles. The lowest BCUT2D eigenvalue weighted by Crippen LogP contribution is -2.36. The van der Waals surface area contributed by atoms with E-state index in [0.717, 1.165) is 27.9 Å². The molecular formula is C21H18N6O2. The molecule has 0 spiro atoms. The maximum Gasteiger partial charge on any atom is 0.272 e. The van der Waals surface area contributed by atoms with E-state index < -0.39 is 0 Å². The molecule has 4 heterocycles. The number of H-pyrrole nitrogens is 1. The molecule has 0 saturated heterocycles. The zero-order valence-electron chi connectivity index (χ0n) is 15.8. The van der Waals surface area contributed by atoms with E-state index in [0.29, 0.717) is 36.9 Å². The molecule has 29 heavy (non-hydrogen) atoms. The summed E-state index contributed by atoms with van der Waals surface area (Å²) < 4.78 is 5.49. The molecule has 4 aromatic rings. The number of carbonyl (C=O) groups excluding carboxylic acids is 1. The van der Waals surface area contributed by atoms with Crippen LogP contribution in [0.4, 0.5) is 0 Å². The van der Waals surface area contributed by atoms with Crippen molar-refractivity contribution in [3.05, 3.63) is 71.6 Å². The van der Waals surface area contributed by atoms with Crippen molar-refractivity contribution in [2.45, 2.75) is 19.9 Å². The molecule has 8 heteroatoms. The van der Waals surface area contributed by atoms with Crippen molar-refractivity contribution in [3.8, 4) is 22.8 Å². The smallest absolute Gasteiger partial charge is 0.272 e. The highest BCUT2D eigenvalue weighted by Crippen LogP contribution is 2.32. The molecule has 8 nitrogen and oxygen atoms in total. The molecule has 1 aliphatic rings. The molecule has 0 fully saturated rings. The highest BCUT2D eigenvalue weighted by molar-refractivity contribution is 5.92. The van der Waals surface area contributed by atoms with Gasteiger partial charge in [0.1, 0.15) is 5.69 Å². The second kappa shape index (κ2) is 6.97. The summed E-state index contributed by atoms with van der Waals surface area (Å²) in [6.45, 7) is 3.03. The van der Waals surface area contributed by atoms with Crippen LogP contribution in [0, 0.1) is 6.92 Å². The van der Waals surface area contributed by atoms with E-state index in [1.54, 1.807) is 11.1 Å². The number of nitrogens with one attached hydrogen (secondary N) is 1. The van der Waals surface area contributed by atoms with Crippen LogP contribution in [0.3, 0.4) is 0 Å². The second-order valence-corrected chi connectivity index (χ2v) is 6.95. The van der Waals surface area contributed by atoms with Crippen molar-refractivity contribution >= 4 is 5.91 Å². The average Bonchev–Trinajstić information content (AvgIpc) is 3.46. The summed E-state index contributed by atoms with van der Waals surface area (Å²) in [6.07, 6.45) is 5.58. The first kappa shape index (κ1) is 17.3. The predicted molar refractivity (Wildman–Crippen MR) is 105 cm³/mol. The molecule has 0 bridgehead atoms. The Morgan fingerprint density at radius 3 is 2.86 bits per heavy atom. The van der Waals surface area contributed by atoms with Crippen LogP contribution in [-0.2, 0) is 13.0 Å². The Morgan fingerprint density at radius 1 is 1.21 bits per heavy atom. The highest BCUT2D eigenvalue weighted by atomic mass is 16.5. The zero-order chi connectivity index (χ0) is 19.8. The van der Waals surface area contributed by atoms with E-state index in [1.165, 1.54) is 6.33 Å². The van der Waals surface area contributed by atoms with E-state index in [2.05, 4.69) is 25.1 Å². The molecule has 0 atom stereocenters. The van der Waals surface area contributed by atoms with Gasteiger partial charge in [-0.1, -0.05) is 23.4 Å². The Balaban J connectivity index is 1.48. The van der Waals surface area contributed by atoms with E-state index >= 15 is 0 Å². The van der Waals surface area contributed by atoms with Gasteiger partial charge in [-0.25, -0.2) is 4.98 Å². The third kappa shape index (κ3) is 3.08. The number of nitrogens with zero attached hydrogens (tertiary/aromatic N) is 5. The molecule has 1 N–H and O–H groups in total. The van der Waals surface area contributed by atoms with Crippen molar-refractivity contribution < 1.29 is 9.32 Å². The van der Waals surface area contributed by atoms with Crippen LogP contribution in [0.5, 0.6) is 0 Å². The van der Waals surface area contributed by atoms with Gasteiger partial charge in [0.2, 0.25) is 5.82 Å². The summed E-state index contributed by atoms with van der Waals surface area (Å²) in [4.78, 5) is 30.4. The van der Waals surface area contributed by atoms with Gasteiger partial charge in [0.25, 0.3) is 11.8 Å². The fraction of sp³-hybridized carbons (Fsp3) is 0.190. The summed E-state index contributed by atoms with van der Waals surface area (Å²) in [5.41, 5.74) is 5.21. The second-order valence-electron chi connectivity index (χ2n) is 6.95. The molecule has 3 aromatic heterocycles. The number of benzene rings is 1. The predicted octanol–water partition coefficient (Wildman–Crippen LogP) is 3.03. The lowest BCUT2D eigenvalue weighted by Gasteiger charge is -2.29. The molecule has 0 saturated carbocycles. The summed E-state index contributed by atoms with van der Waals surface area (Å²) in [6, 6.07) is 9.67. The maximum atomic E-state index is 12.6. The molecule has 1 aromatic carbocycles. The fourth-order valence-electron chi connectivity index (χ4n) is 3.69. The fourth-order valence-corrected chi connectivity index (χ4v) is 3.69. The SMILES string of the molecule is Cc1ncc2c(c1-c1noc(-c3ccccc3)n1)CCN(C(=O)c1cnc[nH]1)C2. The van der Waals surface area contributed by atoms with Gasteiger partial charge >= 0.3 is 0 Å². The number of imidazole rings is 1. The Hall–Kier alpha value is -3.81. The number of carbonyl (C=O) groups is 1. The topological polar surface area (TPSA) is 101 Å². The van der Waals surface area contributed by atoms with Gasteiger partial charge in [-0.15, -0.1) is 0 Å². The van der Waals surface area contributed by atoms with Crippen LogP contribution in [-0.4, -0.2) is 42.4 Å². The van der Waals surface area contributed by atoms with Crippen molar-refractivity contribution in [1.29, 1.82) is 0 Å². The summed E-state index contributed by atoms with van der Waals surface area (Å²) >= 11 is 0. The number of fused-ring (bicyclic) bond motifs is 1. The van der Waals surface area contributed by atoms with Crippen molar-refractivity contribution in [2.24, 2.45) is 0 Å². The number of pyridine rings is 1. The number of hydrogen-bond donors (Lipinski definition) is 1. The van der Waals surface area contributed by atoms with Gasteiger partial charge in [-0.05, 0) is 36.6 Å². The first-order valence-corrected chi connectivity index (χ1v) is 9.35. The standard InChI is InChI=1S/C21H18N6O2/c1-13-18(19-25-20(29-26-19)14-5-3-2-4-6-14)16-7-8-27(11-15(16)9-23-13)21(28)17-10-22-12-24-17/h2-6,9-10,12H,7-8,11H2,1H3,(H,22,24). The van der Waals surface area contributed by atoms with E-state index in [1.807, 2.05) is 43.5 Å². The van der Waals surface area contributed by atoms with Gasteiger partial charge in [0, 0.05) is 36.1 Å². The number of aromatic amines is 1. The highest BCUT2D eigenvalue weighted by Gasteiger charge is 2.27. The van der Waals surface area contributed by atoms with E-state index in [4.69, 9.17) is 4.52 Å². The number of amides is 1. The van der Waals surface area contributed by atoms with Gasteiger partial charge in [0.15, 0.2) is 0 Å². The number of rotatable bonds is 3. The van der Waals surface area contributed by atoms with Crippen LogP contribution in [0.1, 0.15) is 27.3 Å². The van der Waals surface area contributed by atoms with Crippen LogP contribution in [0.15, 0.2) is 53.6 Å². The van der Waals surface area contributed by atoms with Crippen molar-refractivity contribution in [1.82, 2.24) is 30.0 Å². The van der Waals surface area contributed by atoms with Gasteiger partial charge in [-0.3, -0.25) is 9.78 Å².